The van der Waals surface area contributed by atoms with Crippen LogP contribution in [0.15, 0.2) is 29.7 Å². The van der Waals surface area contributed by atoms with Crippen molar-refractivity contribution < 1.29 is 13.5 Å². The van der Waals surface area contributed by atoms with Crippen molar-refractivity contribution in [3.63, 3.8) is 0 Å². The van der Waals surface area contributed by atoms with Crippen molar-refractivity contribution in [2.24, 2.45) is 0 Å². The van der Waals surface area contributed by atoms with Crippen LogP contribution in [-0.2, 0) is 10.0 Å². The van der Waals surface area contributed by atoms with Gasteiger partial charge in [0.05, 0.1) is 17.6 Å². The summed E-state index contributed by atoms with van der Waals surface area (Å²) in [5, 5.41) is 13.9. The zero-order chi connectivity index (χ0) is 17.5. The number of sulfonamides is 1. The molecule has 0 spiro atoms. The average Bonchev–Trinajstić information content (AvgIpc) is 2.99. The quantitative estimate of drug-likeness (QED) is 0.672. The molecule has 9 nitrogen and oxygen atoms in total. The molecule has 0 fully saturated rings. The van der Waals surface area contributed by atoms with Gasteiger partial charge in [0.15, 0.2) is 5.65 Å². The van der Waals surface area contributed by atoms with Crippen molar-refractivity contribution in [3.05, 3.63) is 30.1 Å². The Morgan fingerprint density at radius 2 is 2.00 bits per heavy atom. The first kappa shape index (κ1) is 16.3. The molecule has 0 aliphatic rings. The maximum absolute atomic E-state index is 11.8. The van der Waals surface area contributed by atoms with Crippen LogP contribution in [0.2, 0.25) is 0 Å². The van der Waals surface area contributed by atoms with E-state index in [0.29, 0.717) is 11.3 Å². The summed E-state index contributed by atoms with van der Waals surface area (Å²) in [7, 11) is -2.49. The largest absolute Gasteiger partial charge is 0.493 e. The minimum Gasteiger partial charge on any atom is -0.493 e. The number of nitrogens with one attached hydrogen (secondary N) is 1. The molecule has 0 radical (unpaired) electrons. The van der Waals surface area contributed by atoms with Gasteiger partial charge in [-0.1, -0.05) is 13.8 Å². The lowest BCUT2D eigenvalue weighted by Crippen LogP contribution is -2.21. The van der Waals surface area contributed by atoms with Crippen LogP contribution in [0.4, 0.5) is 0 Å². The topological polar surface area (TPSA) is 122 Å². The smallest absolute Gasteiger partial charge is 0.276 e. The van der Waals surface area contributed by atoms with Gasteiger partial charge >= 0.3 is 0 Å². The fourth-order valence-corrected chi connectivity index (χ4v) is 2.81. The SMILES string of the molecule is CNS(=O)(=O)c1nccc(-c2cc(O)n3ncc(C(C)C)c3n2)n1. The van der Waals surface area contributed by atoms with Crippen LogP contribution in [-0.4, -0.2) is 45.1 Å². The van der Waals surface area contributed by atoms with Crippen molar-refractivity contribution in [1.82, 2.24) is 29.3 Å². The predicted octanol–water partition coefficient (Wildman–Crippen LogP) is 0.923. The summed E-state index contributed by atoms with van der Waals surface area (Å²) >= 11 is 0. The highest BCUT2D eigenvalue weighted by molar-refractivity contribution is 7.89. The van der Waals surface area contributed by atoms with Gasteiger partial charge in [0.1, 0.15) is 0 Å². The van der Waals surface area contributed by atoms with E-state index < -0.39 is 10.0 Å². The summed E-state index contributed by atoms with van der Waals surface area (Å²) < 4.78 is 27.2. The van der Waals surface area contributed by atoms with Crippen molar-refractivity contribution in [2.45, 2.75) is 24.9 Å². The predicted molar refractivity (Wildman–Crippen MR) is 86.0 cm³/mol. The minimum atomic E-state index is -3.77. The van der Waals surface area contributed by atoms with Gasteiger partial charge in [0.2, 0.25) is 5.88 Å². The Balaban J connectivity index is 2.20. The Hall–Kier alpha value is -2.59. The highest BCUT2D eigenvalue weighted by Gasteiger charge is 2.18. The number of hydrogen-bond donors (Lipinski definition) is 2. The van der Waals surface area contributed by atoms with Gasteiger partial charge in [-0.25, -0.2) is 28.1 Å². The molecule has 3 heterocycles. The van der Waals surface area contributed by atoms with E-state index in [0.717, 1.165) is 5.56 Å². The third kappa shape index (κ3) is 2.69. The highest BCUT2D eigenvalue weighted by Crippen LogP contribution is 2.26. The Morgan fingerprint density at radius 3 is 2.67 bits per heavy atom. The van der Waals surface area contributed by atoms with Gasteiger partial charge in [-0.05, 0) is 19.0 Å². The lowest BCUT2D eigenvalue weighted by atomic mass is 10.1. The van der Waals surface area contributed by atoms with Gasteiger partial charge in [-0.15, -0.1) is 0 Å². The monoisotopic (exact) mass is 348 g/mol. The number of hydrogen-bond acceptors (Lipinski definition) is 7. The molecule has 0 atom stereocenters. The number of aromatic hydroxyl groups is 1. The standard InChI is InChI=1S/C14H16N6O3S/c1-8(2)9-7-17-20-12(21)6-11(18-13(9)20)10-4-5-16-14(19-10)24(22,23)15-3/h4-8,15,21H,1-3H3. The molecule has 10 heteroatoms. The molecule has 0 aliphatic heterocycles. The Bertz CT molecular complexity index is 1010. The third-order valence-electron chi connectivity index (χ3n) is 3.51. The Morgan fingerprint density at radius 1 is 1.25 bits per heavy atom. The molecule has 0 aromatic carbocycles. The van der Waals surface area contributed by atoms with E-state index >= 15 is 0 Å². The van der Waals surface area contributed by atoms with Crippen LogP contribution in [0.3, 0.4) is 0 Å². The molecule has 2 N–H and O–H groups in total. The van der Waals surface area contributed by atoms with E-state index in [4.69, 9.17) is 0 Å². The molecule has 0 saturated carbocycles. The molecule has 0 bridgehead atoms. The molecule has 3 aromatic heterocycles. The van der Waals surface area contributed by atoms with Gasteiger partial charge in [-0.2, -0.15) is 9.61 Å². The minimum absolute atomic E-state index is 0.112. The highest BCUT2D eigenvalue weighted by atomic mass is 32.2. The fourth-order valence-electron chi connectivity index (χ4n) is 2.21. The zero-order valence-corrected chi connectivity index (χ0v) is 14.1. The number of nitrogens with zero attached hydrogens (tertiary/aromatic N) is 5. The van der Waals surface area contributed by atoms with Gasteiger partial charge in [-0.3, -0.25) is 0 Å². The second kappa shape index (κ2) is 5.80. The van der Waals surface area contributed by atoms with Crippen molar-refractivity contribution in [1.29, 1.82) is 0 Å². The van der Waals surface area contributed by atoms with Crippen LogP contribution in [0, 0.1) is 0 Å². The normalized spacial score (nSPS) is 12.2. The van der Waals surface area contributed by atoms with E-state index in [9.17, 15) is 13.5 Å². The van der Waals surface area contributed by atoms with Gasteiger partial charge in [0.25, 0.3) is 15.2 Å². The fraction of sp³-hybridized carbons (Fsp3) is 0.286. The lowest BCUT2D eigenvalue weighted by Gasteiger charge is -2.07. The summed E-state index contributed by atoms with van der Waals surface area (Å²) in [6, 6.07) is 2.90. The third-order valence-corrected chi connectivity index (χ3v) is 4.72. The summed E-state index contributed by atoms with van der Waals surface area (Å²) in [4.78, 5) is 12.3. The molecule has 0 unspecified atom stereocenters. The van der Waals surface area contributed by atoms with E-state index in [1.807, 2.05) is 13.8 Å². The molecular weight excluding hydrogens is 332 g/mol. The van der Waals surface area contributed by atoms with Crippen LogP contribution in [0.1, 0.15) is 25.3 Å². The van der Waals surface area contributed by atoms with Crippen LogP contribution >= 0.6 is 0 Å². The first-order valence-corrected chi connectivity index (χ1v) is 8.66. The Kier molecular flexibility index (Phi) is 3.93. The summed E-state index contributed by atoms with van der Waals surface area (Å²) in [5.41, 5.74) is 1.98. The van der Waals surface area contributed by atoms with Gasteiger partial charge < -0.3 is 5.11 Å². The maximum atomic E-state index is 11.8. The number of aromatic nitrogens is 5. The summed E-state index contributed by atoms with van der Waals surface area (Å²) in [6.45, 7) is 3.98. The molecule has 0 aliphatic carbocycles. The maximum Gasteiger partial charge on any atom is 0.276 e. The summed E-state index contributed by atoms with van der Waals surface area (Å²) in [5.74, 6) is 0.0498. The van der Waals surface area contributed by atoms with Crippen molar-refractivity contribution >= 4 is 15.7 Å². The van der Waals surface area contributed by atoms with E-state index in [2.05, 4.69) is 24.8 Å². The molecule has 24 heavy (non-hydrogen) atoms. The molecule has 3 rings (SSSR count). The van der Waals surface area contributed by atoms with E-state index in [1.54, 1.807) is 6.20 Å². The van der Waals surface area contributed by atoms with Crippen LogP contribution < -0.4 is 4.72 Å². The molecular formula is C14H16N6O3S. The molecule has 126 valence electrons. The van der Waals surface area contributed by atoms with Crippen LogP contribution in [0.25, 0.3) is 17.0 Å². The summed E-state index contributed by atoms with van der Waals surface area (Å²) in [6.07, 6.45) is 2.97. The number of rotatable bonds is 4. The van der Waals surface area contributed by atoms with E-state index in [-0.39, 0.29) is 22.6 Å². The lowest BCUT2D eigenvalue weighted by molar-refractivity contribution is 0.435. The van der Waals surface area contributed by atoms with Crippen LogP contribution in [0.5, 0.6) is 5.88 Å². The second-order valence-corrected chi connectivity index (χ2v) is 7.20. The zero-order valence-electron chi connectivity index (χ0n) is 13.3. The van der Waals surface area contributed by atoms with Crippen molar-refractivity contribution in [3.8, 4) is 17.3 Å². The number of fused-ring (bicyclic) bond motifs is 1. The van der Waals surface area contributed by atoms with Gasteiger partial charge in [0, 0.05) is 17.8 Å². The van der Waals surface area contributed by atoms with Crippen molar-refractivity contribution in [2.75, 3.05) is 7.05 Å². The molecule has 0 saturated heterocycles. The van der Waals surface area contributed by atoms with E-state index in [1.165, 1.54) is 29.9 Å². The second-order valence-electron chi connectivity index (χ2n) is 5.42. The Labute approximate surface area is 138 Å². The first-order valence-electron chi connectivity index (χ1n) is 7.18. The molecule has 3 aromatic rings. The molecule has 0 amide bonds. The average molecular weight is 348 g/mol. The first-order chi connectivity index (χ1) is 11.3.